The average molecular weight is 1890 g/mol. The van der Waals surface area contributed by atoms with Gasteiger partial charge in [-0.2, -0.15) is 30.2 Å². The van der Waals surface area contributed by atoms with Crippen LogP contribution in [-0.2, 0) is 50.7 Å². The molecule has 1 aliphatic carbocycles. The quantitative estimate of drug-likeness (QED) is 0.0181. The molecule has 1 atom stereocenters. The van der Waals surface area contributed by atoms with Crippen LogP contribution in [-0.4, -0.2) is 226 Å². The van der Waals surface area contributed by atoms with Crippen LogP contribution in [0.15, 0.2) is 88.7 Å². The van der Waals surface area contributed by atoms with Crippen LogP contribution in [0.1, 0.15) is 199 Å². The third kappa shape index (κ3) is 24.3. The Balaban J connectivity index is 0.000000186. The van der Waals surface area contributed by atoms with Crippen LogP contribution in [0.2, 0.25) is 15.1 Å². The highest BCUT2D eigenvalue weighted by Gasteiger charge is 2.38. The van der Waals surface area contributed by atoms with Gasteiger partial charge in [-0.15, -0.1) is 0 Å². The van der Waals surface area contributed by atoms with Gasteiger partial charge in [0.25, 0.3) is 0 Å². The molecule has 3 saturated heterocycles. The van der Waals surface area contributed by atoms with Crippen molar-refractivity contribution in [2.75, 3.05) is 110 Å². The van der Waals surface area contributed by atoms with Crippen LogP contribution in [0.5, 0.6) is 17.2 Å². The first-order valence-corrected chi connectivity index (χ1v) is 49.6. The van der Waals surface area contributed by atoms with Crippen LogP contribution < -0.4 is 46.1 Å². The highest BCUT2D eigenvalue weighted by atomic mass is 35.5. The fraction of sp³-hybridized carbons (Fsp3) is 0.562. The number of benzene rings is 3. The van der Waals surface area contributed by atoms with Gasteiger partial charge in [0.1, 0.15) is 32.3 Å². The van der Waals surface area contributed by atoms with E-state index in [1.165, 1.54) is 49.3 Å². The fourth-order valence-corrected chi connectivity index (χ4v) is 20.3. The molecule has 39 heteroatoms. The monoisotopic (exact) mass is 1880 g/mol. The maximum Gasteiger partial charge on any atom is 0.229 e. The molecule has 1 unspecified atom stereocenters. The Morgan fingerprint density at radius 3 is 1.12 bits per heavy atom. The number of aliphatic hydroxyl groups is 3. The Hall–Kier alpha value is -8.79. The van der Waals surface area contributed by atoms with Crippen molar-refractivity contribution >= 4 is 134 Å². The Bertz CT molecular complexity index is 5730. The minimum Gasteiger partial charge on any atom is -0.492 e. The molecular weight excluding hydrogens is 1760 g/mol. The molecule has 0 bridgehead atoms. The first kappa shape index (κ1) is 99.8. The Labute approximate surface area is 768 Å². The van der Waals surface area contributed by atoms with E-state index < -0.39 is 40.0 Å². The molecule has 1 saturated carbocycles. The number of rotatable bonds is 34. The van der Waals surface area contributed by atoms with Crippen LogP contribution in [0.3, 0.4) is 0 Å². The number of hydrogen-bond donors (Lipinski definition) is 9. The molecule has 4 fully saturated rings. The largest absolute Gasteiger partial charge is 0.492 e. The zero-order valence-electron chi connectivity index (χ0n) is 77.2. The molecule has 3 aromatic carbocycles. The van der Waals surface area contributed by atoms with E-state index in [0.717, 1.165) is 124 Å². The Morgan fingerprint density at radius 2 is 0.781 bits per heavy atom. The van der Waals surface area contributed by atoms with Crippen molar-refractivity contribution < 1.29 is 54.8 Å². The van der Waals surface area contributed by atoms with E-state index in [2.05, 4.69) is 178 Å². The van der Waals surface area contributed by atoms with Crippen LogP contribution in [0, 0.1) is 26.7 Å². The molecule has 0 spiro atoms. The molecule has 0 amide bonds. The number of sulfone groups is 3. The van der Waals surface area contributed by atoms with Crippen molar-refractivity contribution in [3.05, 3.63) is 122 Å². The van der Waals surface area contributed by atoms with E-state index in [1.54, 1.807) is 67.4 Å². The maximum absolute atomic E-state index is 13.0. The molecule has 3 aliphatic heterocycles. The first-order valence-electron chi connectivity index (χ1n) is 43.7. The summed E-state index contributed by atoms with van der Waals surface area (Å²) in [6.45, 7) is 39.7. The van der Waals surface area contributed by atoms with Gasteiger partial charge in [-0.25, -0.2) is 40.2 Å². The summed E-state index contributed by atoms with van der Waals surface area (Å²) >= 11 is 19.3. The van der Waals surface area contributed by atoms with E-state index >= 15 is 0 Å². The summed E-state index contributed by atoms with van der Waals surface area (Å²) in [6.07, 6.45) is 17.5. The second-order valence-corrected chi connectivity index (χ2v) is 44.4. The van der Waals surface area contributed by atoms with E-state index in [4.69, 9.17) is 49.0 Å². The van der Waals surface area contributed by atoms with Crippen LogP contribution >= 0.6 is 34.8 Å². The molecule has 6 aromatic heterocycles. The number of aromatic nitrogens is 12. The topological polar surface area (TPSA) is 403 Å². The van der Waals surface area contributed by atoms with E-state index in [0.29, 0.717) is 59.8 Å². The summed E-state index contributed by atoms with van der Waals surface area (Å²) in [5.41, 5.74) is 9.46. The maximum atomic E-state index is 13.0. The predicted molar refractivity (Wildman–Crippen MR) is 506 cm³/mol. The molecule has 9 aromatic rings. The molecule has 9 heterocycles. The van der Waals surface area contributed by atoms with Gasteiger partial charge in [0, 0.05) is 62.9 Å². The van der Waals surface area contributed by atoms with Crippen LogP contribution in [0.25, 0.3) is 0 Å². The summed E-state index contributed by atoms with van der Waals surface area (Å²) in [5.74, 6) is 4.73. The molecule has 4 aliphatic rings. The number of nitrogens with one attached hydrogen (secondary N) is 6. The average Bonchev–Trinajstić information content (AvgIpc) is 1.02. The van der Waals surface area contributed by atoms with Crippen molar-refractivity contribution in [1.29, 1.82) is 0 Å². The SMILES string of the molecule is CCOc1cc(C2CCCN(C(C)(C)CO)C2)c(C)cc1Nc1ncc(Cl)c(Nc2cn(C)nc2S(=O)(=O)C(C)C)n1.CCOc1cc(C2CCN(C(C)(C)CO)CC2)c(C)cc1Nc1ncc(Cl)c(Nc2cn(C)nc2S(=O)(=O)C(C)C)n1.Cc1cc(Nc2ncc(Cl)c(Nc3cn(C)nc3S(=O)(=O)CC(C)C)n2)c(OC2CC2)cc1C1CCN(C(C)(C)CO)CC1. The van der Waals surface area contributed by atoms with Crippen LogP contribution in [0.4, 0.5) is 69.4 Å². The van der Waals surface area contributed by atoms with E-state index in [1.807, 2.05) is 39.8 Å². The highest BCUT2D eigenvalue weighted by molar-refractivity contribution is 7.92. The summed E-state index contributed by atoms with van der Waals surface area (Å²) in [5, 5.41) is 60.2. The van der Waals surface area contributed by atoms with E-state index in [-0.39, 0.29) is 125 Å². The second-order valence-electron chi connectivity index (χ2n) is 36.4. The lowest BCUT2D eigenvalue weighted by molar-refractivity contribution is 0.0355. The van der Waals surface area contributed by atoms with Gasteiger partial charge in [0.15, 0.2) is 27.3 Å². The van der Waals surface area contributed by atoms with Gasteiger partial charge in [0.2, 0.25) is 52.6 Å². The standard InChI is InChI=1S/C31H44ClN7O4S.2C29H42ClN7O4S/c1-19(2)17-44(41,42)29-26(16-38(6)37-29)34-28-24(32)15-33-30(36-28)35-25-13-20(3)23(14-27(25)43-22-7-8-22)21-9-11-39(12-10-21)31(4,5)18-40;1-8-41-25-14-21(20-9-11-37(12-10-20)29(5,6)17-38)19(4)13-23(25)33-28-31-15-22(30)26(34-28)32-24-16-36(7)35-27(24)42(39,40)18(2)3;1-8-41-25-13-21(20-10-9-11-37(15-20)29(5,6)17-38)19(4)12-23(25)33-28-31-14-22(30)26(34-28)32-24-16-36(7)35-27(24)42(39,40)18(2)3/h13-16,19,21-22,40H,7-12,17-18H2,1-6H3,(H2,33,34,35,36);13-16,18,20,38H,8-12,17H2,1-7H3,(H2,31,32,33,34);12-14,16,18,20,38H,8-11,15,17H2,1-7H3,(H2,31,32,33,34). The van der Waals surface area contributed by atoms with E-state index in [9.17, 15) is 40.6 Å². The smallest absolute Gasteiger partial charge is 0.229 e. The van der Waals surface area contributed by atoms with Gasteiger partial charge in [0.05, 0.1) is 108 Å². The summed E-state index contributed by atoms with van der Waals surface area (Å²) in [4.78, 5) is 33.9. The Morgan fingerprint density at radius 1 is 0.445 bits per heavy atom. The Kier molecular flexibility index (Phi) is 32.5. The van der Waals surface area contributed by atoms with Gasteiger partial charge in [-0.1, -0.05) is 48.7 Å². The predicted octanol–water partition coefficient (Wildman–Crippen LogP) is 16.0. The molecule has 700 valence electrons. The highest BCUT2D eigenvalue weighted by Crippen LogP contribution is 2.45. The van der Waals surface area contributed by atoms with Crippen molar-refractivity contribution in [2.24, 2.45) is 27.1 Å². The van der Waals surface area contributed by atoms with Gasteiger partial charge in [-0.05, 0) is 281 Å². The number of hydrogen-bond acceptors (Lipinski definition) is 30. The van der Waals surface area contributed by atoms with Crippen molar-refractivity contribution in [3.8, 4) is 17.2 Å². The minimum atomic E-state index is -3.65. The molecular formula is C89H128Cl3N21O12S3. The summed E-state index contributed by atoms with van der Waals surface area (Å²) < 4.78 is 100. The van der Waals surface area contributed by atoms with Gasteiger partial charge < -0.3 is 61.4 Å². The lowest BCUT2D eigenvalue weighted by Gasteiger charge is -2.43. The lowest BCUT2D eigenvalue weighted by Crippen LogP contribution is -2.50. The third-order valence-electron chi connectivity index (χ3n) is 23.7. The zero-order chi connectivity index (χ0) is 93.4. The third-order valence-corrected chi connectivity index (χ3v) is 30.7. The number of aliphatic hydroxyl groups excluding tert-OH is 3. The molecule has 9 N–H and O–H groups in total. The fourth-order valence-electron chi connectivity index (χ4n) is 16.0. The number of ether oxygens (including phenoxy) is 3. The van der Waals surface area contributed by atoms with Gasteiger partial charge in [-0.3, -0.25) is 28.7 Å². The number of likely N-dealkylation sites (tertiary alicyclic amines) is 3. The number of nitrogens with zero attached hydrogens (tertiary/aromatic N) is 15. The first-order chi connectivity index (χ1) is 60.3. The lowest BCUT2D eigenvalue weighted by atomic mass is 9.85. The number of piperidine rings is 3. The van der Waals surface area contributed by atoms with Crippen molar-refractivity contribution in [2.45, 2.75) is 235 Å². The summed E-state index contributed by atoms with van der Waals surface area (Å²) in [6, 6.07) is 12.5. The number of aryl methyl sites for hydroxylation is 6. The number of anilines is 12. The van der Waals surface area contributed by atoms with Crippen molar-refractivity contribution in [1.82, 2.24) is 73.9 Å². The van der Waals surface area contributed by atoms with Gasteiger partial charge >= 0.3 is 0 Å². The summed E-state index contributed by atoms with van der Waals surface area (Å²) in [7, 11) is -5.96. The zero-order valence-corrected chi connectivity index (χ0v) is 81.9. The number of halogens is 3. The molecule has 0 radical (unpaired) electrons. The molecule has 13 rings (SSSR count). The van der Waals surface area contributed by atoms with Crippen molar-refractivity contribution in [3.63, 3.8) is 0 Å². The second kappa shape index (κ2) is 41.8. The minimum absolute atomic E-state index is 0.0259. The molecule has 33 nitrogen and oxygen atoms in total. The normalized spacial score (nSPS) is 16.2. The molecule has 128 heavy (non-hydrogen) atoms.